The van der Waals surface area contributed by atoms with E-state index in [0.717, 1.165) is 30.8 Å². The quantitative estimate of drug-likeness (QED) is 0.865. The van der Waals surface area contributed by atoms with Crippen LogP contribution in [0.15, 0.2) is 11.7 Å². The maximum Gasteiger partial charge on any atom is 0.229 e. The van der Waals surface area contributed by atoms with Crippen LogP contribution in [0.4, 0.5) is 5.82 Å². The fraction of sp³-hybridized carbons (Fsp3) is 0.500. The predicted octanol–water partition coefficient (Wildman–Crippen LogP) is 2.46. The number of hydrogen-bond donors (Lipinski definition) is 0. The molecule has 0 radical (unpaired) electrons. The summed E-state index contributed by atoms with van der Waals surface area (Å²) in [5, 5.41) is 2.03. The lowest BCUT2D eigenvalue weighted by molar-refractivity contribution is 0.397. The van der Waals surface area contributed by atoms with Gasteiger partial charge in [0.05, 0.1) is 13.7 Å². The molecule has 0 N–H and O–H groups in total. The van der Waals surface area contributed by atoms with Gasteiger partial charge >= 0.3 is 0 Å². The van der Waals surface area contributed by atoms with E-state index in [1.807, 2.05) is 5.38 Å². The maximum absolute atomic E-state index is 5.27. The first kappa shape index (κ1) is 13.3. The Morgan fingerprint density at radius 1 is 1.30 bits per heavy atom. The normalized spacial score (nSPS) is 13.9. The first-order valence-corrected chi connectivity index (χ1v) is 7.64. The molecule has 20 heavy (non-hydrogen) atoms. The Kier molecular flexibility index (Phi) is 3.82. The molecule has 2 aromatic rings. The second-order valence-electron chi connectivity index (χ2n) is 5.03. The van der Waals surface area contributed by atoms with Crippen molar-refractivity contribution in [2.75, 3.05) is 19.1 Å². The molecule has 5 nitrogen and oxygen atoms in total. The molecule has 2 heterocycles. The van der Waals surface area contributed by atoms with E-state index in [1.165, 1.54) is 35.6 Å². The summed E-state index contributed by atoms with van der Waals surface area (Å²) in [6, 6.07) is 0. The van der Waals surface area contributed by atoms with Crippen LogP contribution in [0.25, 0.3) is 0 Å². The number of ether oxygens (including phenoxy) is 1. The van der Waals surface area contributed by atoms with E-state index in [9.17, 15) is 0 Å². The van der Waals surface area contributed by atoms with Crippen molar-refractivity contribution in [3.8, 4) is 5.88 Å². The van der Waals surface area contributed by atoms with Gasteiger partial charge in [-0.05, 0) is 37.2 Å². The molecule has 0 spiro atoms. The minimum Gasteiger partial charge on any atom is -0.480 e. The number of aromatic nitrogens is 3. The molecule has 0 amide bonds. The van der Waals surface area contributed by atoms with Gasteiger partial charge in [0.15, 0.2) is 0 Å². The molecule has 0 atom stereocenters. The Balaban J connectivity index is 1.86. The minimum atomic E-state index is 0.713. The molecular weight excluding hydrogens is 272 g/mol. The van der Waals surface area contributed by atoms with Crippen LogP contribution in [0.1, 0.15) is 29.7 Å². The molecule has 6 heteroatoms. The van der Waals surface area contributed by atoms with Crippen LogP contribution in [0.3, 0.4) is 0 Å². The molecule has 0 bridgehead atoms. The van der Waals surface area contributed by atoms with Crippen LogP contribution in [0.5, 0.6) is 5.88 Å². The van der Waals surface area contributed by atoms with Crippen molar-refractivity contribution in [1.82, 2.24) is 14.3 Å². The van der Waals surface area contributed by atoms with Crippen molar-refractivity contribution in [3.05, 3.63) is 28.5 Å². The zero-order valence-electron chi connectivity index (χ0n) is 11.8. The molecule has 1 aliphatic carbocycles. The number of fused-ring (bicyclic) bond motifs is 1. The van der Waals surface area contributed by atoms with Gasteiger partial charge in [0, 0.05) is 29.2 Å². The number of methoxy groups -OCH3 is 1. The lowest BCUT2D eigenvalue weighted by Crippen LogP contribution is -2.22. The summed E-state index contributed by atoms with van der Waals surface area (Å²) >= 11 is 1.42. The summed E-state index contributed by atoms with van der Waals surface area (Å²) in [7, 11) is 3.72. The van der Waals surface area contributed by atoms with Crippen LogP contribution in [0.2, 0.25) is 0 Å². The number of anilines is 1. The summed E-state index contributed by atoms with van der Waals surface area (Å²) in [6.07, 6.45) is 6.29. The summed E-state index contributed by atoms with van der Waals surface area (Å²) < 4.78 is 9.50. The lowest BCUT2D eigenvalue weighted by Gasteiger charge is -2.24. The maximum atomic E-state index is 5.27. The first-order valence-electron chi connectivity index (χ1n) is 6.80. The van der Waals surface area contributed by atoms with Gasteiger partial charge in [0.25, 0.3) is 0 Å². The summed E-state index contributed by atoms with van der Waals surface area (Å²) in [5.41, 5.74) is 3.62. The third-order valence-electron chi connectivity index (χ3n) is 3.67. The van der Waals surface area contributed by atoms with Crippen LogP contribution < -0.4 is 9.64 Å². The van der Waals surface area contributed by atoms with Crippen LogP contribution >= 0.6 is 11.5 Å². The van der Waals surface area contributed by atoms with E-state index in [1.54, 1.807) is 13.4 Å². The molecule has 0 saturated carbocycles. The summed E-state index contributed by atoms with van der Waals surface area (Å²) in [6.45, 7) is 0.753. The van der Waals surface area contributed by atoms with Gasteiger partial charge in [0.1, 0.15) is 12.1 Å². The molecule has 0 fully saturated rings. The van der Waals surface area contributed by atoms with E-state index in [0.29, 0.717) is 5.88 Å². The van der Waals surface area contributed by atoms with E-state index in [2.05, 4.69) is 26.3 Å². The Bertz CT molecular complexity index is 599. The van der Waals surface area contributed by atoms with Gasteiger partial charge in [-0.15, -0.1) is 0 Å². The molecule has 106 valence electrons. The van der Waals surface area contributed by atoms with Gasteiger partial charge in [-0.25, -0.2) is 9.97 Å². The van der Waals surface area contributed by atoms with Gasteiger partial charge in [-0.3, -0.25) is 0 Å². The molecule has 1 aliphatic rings. The zero-order chi connectivity index (χ0) is 13.9. The highest BCUT2D eigenvalue weighted by Gasteiger charge is 2.19. The molecule has 0 aromatic carbocycles. The fourth-order valence-corrected chi connectivity index (χ4v) is 3.33. The minimum absolute atomic E-state index is 0.713. The van der Waals surface area contributed by atoms with Gasteiger partial charge in [0.2, 0.25) is 5.88 Å². The number of rotatable bonds is 4. The average molecular weight is 290 g/mol. The third-order valence-corrected chi connectivity index (χ3v) is 4.33. The van der Waals surface area contributed by atoms with Crippen LogP contribution in [-0.2, 0) is 19.4 Å². The van der Waals surface area contributed by atoms with Gasteiger partial charge < -0.3 is 9.64 Å². The predicted molar refractivity (Wildman–Crippen MR) is 79.4 cm³/mol. The smallest absolute Gasteiger partial charge is 0.229 e. The van der Waals surface area contributed by atoms with Crippen molar-refractivity contribution in [3.63, 3.8) is 0 Å². The van der Waals surface area contributed by atoms with Crippen molar-refractivity contribution in [2.45, 2.75) is 32.2 Å². The highest BCUT2D eigenvalue weighted by molar-refractivity contribution is 7.03. The molecule has 2 aromatic heterocycles. The standard InChI is InChI=1S/C14H18N4OS/c1-18(7-10-8-20-17-14(10)19-2)13-11-5-3-4-6-12(11)15-9-16-13/h8-9H,3-7H2,1-2H3. The number of aryl methyl sites for hydroxylation is 1. The van der Waals surface area contributed by atoms with Crippen molar-refractivity contribution >= 4 is 17.4 Å². The third kappa shape index (κ3) is 2.47. The van der Waals surface area contributed by atoms with Gasteiger partial charge in [-0.1, -0.05) is 0 Å². The first-order chi connectivity index (χ1) is 9.79. The molecule has 3 rings (SSSR count). The lowest BCUT2D eigenvalue weighted by atomic mass is 9.96. The largest absolute Gasteiger partial charge is 0.480 e. The fourth-order valence-electron chi connectivity index (χ4n) is 2.68. The zero-order valence-corrected chi connectivity index (χ0v) is 12.6. The number of hydrogen-bond acceptors (Lipinski definition) is 6. The van der Waals surface area contributed by atoms with Crippen molar-refractivity contribution < 1.29 is 4.74 Å². The monoisotopic (exact) mass is 290 g/mol. The van der Waals surface area contributed by atoms with Gasteiger partial charge in [-0.2, -0.15) is 4.37 Å². The van der Waals surface area contributed by atoms with E-state index in [4.69, 9.17) is 4.74 Å². The van der Waals surface area contributed by atoms with Crippen LogP contribution in [-0.4, -0.2) is 28.5 Å². The van der Waals surface area contributed by atoms with Crippen molar-refractivity contribution in [1.29, 1.82) is 0 Å². The van der Waals surface area contributed by atoms with E-state index < -0.39 is 0 Å². The second-order valence-corrected chi connectivity index (χ2v) is 5.66. The van der Waals surface area contributed by atoms with Crippen molar-refractivity contribution in [2.24, 2.45) is 0 Å². The average Bonchev–Trinajstić information content (AvgIpc) is 2.93. The molecule has 0 saturated heterocycles. The Hall–Kier alpha value is -1.69. The van der Waals surface area contributed by atoms with E-state index >= 15 is 0 Å². The highest BCUT2D eigenvalue weighted by Crippen LogP contribution is 2.28. The molecular formula is C14H18N4OS. The SMILES string of the molecule is COc1nscc1CN(C)c1ncnc2c1CCCC2. The van der Waals surface area contributed by atoms with E-state index in [-0.39, 0.29) is 0 Å². The summed E-state index contributed by atoms with van der Waals surface area (Å²) in [5.74, 6) is 1.76. The summed E-state index contributed by atoms with van der Waals surface area (Å²) in [4.78, 5) is 11.1. The number of nitrogens with zero attached hydrogens (tertiary/aromatic N) is 4. The Morgan fingerprint density at radius 3 is 3.00 bits per heavy atom. The topological polar surface area (TPSA) is 51.1 Å². The Labute approximate surface area is 122 Å². The second kappa shape index (κ2) is 5.75. The molecule has 0 aliphatic heterocycles. The molecule has 0 unspecified atom stereocenters. The van der Waals surface area contributed by atoms with Crippen LogP contribution in [0, 0.1) is 0 Å². The Morgan fingerprint density at radius 2 is 2.15 bits per heavy atom. The highest BCUT2D eigenvalue weighted by atomic mass is 32.1.